The molecular formula is C14H20FN. The van der Waals surface area contributed by atoms with Gasteiger partial charge in [-0.15, -0.1) is 0 Å². The number of halogens is 1. The number of nitrogens with one attached hydrogen (secondary N) is 1. The molecule has 0 spiro atoms. The summed E-state index contributed by atoms with van der Waals surface area (Å²) in [5.41, 5.74) is 2.89. The number of alkyl halides is 1. The molecule has 1 aromatic rings. The summed E-state index contributed by atoms with van der Waals surface area (Å²) in [6.07, 6.45) is 3.06. The van der Waals surface area contributed by atoms with E-state index < -0.39 is 0 Å². The van der Waals surface area contributed by atoms with Crippen LogP contribution in [0.25, 0.3) is 0 Å². The van der Waals surface area contributed by atoms with E-state index in [-0.39, 0.29) is 6.67 Å². The van der Waals surface area contributed by atoms with Crippen molar-refractivity contribution in [2.24, 2.45) is 0 Å². The van der Waals surface area contributed by atoms with Crippen LogP contribution in [0.1, 0.15) is 36.3 Å². The molecule has 1 saturated carbocycles. The monoisotopic (exact) mass is 221 g/mol. The summed E-state index contributed by atoms with van der Waals surface area (Å²) in [6.45, 7) is 2.79. The first kappa shape index (κ1) is 11.6. The molecule has 2 rings (SSSR count). The Morgan fingerprint density at radius 2 is 2.06 bits per heavy atom. The van der Waals surface area contributed by atoms with Gasteiger partial charge in [0.2, 0.25) is 0 Å². The molecule has 88 valence electrons. The van der Waals surface area contributed by atoms with Crippen LogP contribution in [-0.4, -0.2) is 19.3 Å². The molecule has 2 heteroatoms. The fourth-order valence-corrected chi connectivity index (χ4v) is 2.46. The molecule has 0 saturated heterocycles. The Hall–Kier alpha value is -0.890. The molecule has 16 heavy (non-hydrogen) atoms. The zero-order valence-corrected chi connectivity index (χ0v) is 9.88. The molecule has 1 aliphatic carbocycles. The minimum absolute atomic E-state index is 0.207. The van der Waals surface area contributed by atoms with E-state index in [4.69, 9.17) is 0 Å². The topological polar surface area (TPSA) is 12.0 Å². The maximum atomic E-state index is 11.9. The summed E-state index contributed by atoms with van der Waals surface area (Å²) in [6, 6.07) is 9.23. The molecular weight excluding hydrogens is 201 g/mol. The molecule has 1 nitrogen and oxygen atoms in total. The van der Waals surface area contributed by atoms with Gasteiger partial charge < -0.3 is 5.32 Å². The van der Waals surface area contributed by atoms with Crippen molar-refractivity contribution in [1.82, 2.24) is 5.32 Å². The van der Waals surface area contributed by atoms with Gasteiger partial charge in [-0.05, 0) is 49.8 Å². The van der Waals surface area contributed by atoms with E-state index in [9.17, 15) is 4.39 Å². The fraction of sp³-hybridized carbons (Fsp3) is 0.571. The summed E-state index contributed by atoms with van der Waals surface area (Å²) in [4.78, 5) is 0. The van der Waals surface area contributed by atoms with E-state index in [1.807, 2.05) is 0 Å². The van der Waals surface area contributed by atoms with Crippen LogP contribution in [0.4, 0.5) is 4.39 Å². The lowest BCUT2D eigenvalue weighted by atomic mass is 9.74. The number of rotatable bonds is 5. The van der Waals surface area contributed by atoms with Crippen molar-refractivity contribution in [1.29, 1.82) is 0 Å². The van der Waals surface area contributed by atoms with Gasteiger partial charge in [0, 0.05) is 6.04 Å². The van der Waals surface area contributed by atoms with Gasteiger partial charge in [-0.3, -0.25) is 4.39 Å². The highest BCUT2D eigenvalue weighted by atomic mass is 19.1. The van der Waals surface area contributed by atoms with E-state index in [1.165, 1.54) is 24.0 Å². The molecule has 0 unspecified atom stereocenters. The van der Waals surface area contributed by atoms with Crippen molar-refractivity contribution in [3.8, 4) is 0 Å². The third-order valence-electron chi connectivity index (χ3n) is 3.51. The van der Waals surface area contributed by atoms with Crippen molar-refractivity contribution >= 4 is 0 Å². The molecule has 1 fully saturated rings. The van der Waals surface area contributed by atoms with Crippen molar-refractivity contribution in [2.75, 3.05) is 13.2 Å². The first-order valence-electron chi connectivity index (χ1n) is 6.16. The molecule has 0 radical (unpaired) electrons. The van der Waals surface area contributed by atoms with Crippen LogP contribution in [-0.2, 0) is 0 Å². The maximum Gasteiger partial charge on any atom is 0.0906 e. The molecule has 1 aromatic carbocycles. The lowest BCUT2D eigenvalue weighted by molar-refractivity contribution is 0.286. The molecule has 0 atom stereocenters. The molecule has 0 amide bonds. The third-order valence-corrected chi connectivity index (χ3v) is 3.51. The van der Waals surface area contributed by atoms with Crippen LogP contribution in [0.3, 0.4) is 0 Å². The van der Waals surface area contributed by atoms with Gasteiger partial charge in [-0.1, -0.05) is 24.3 Å². The van der Waals surface area contributed by atoms with E-state index in [2.05, 4.69) is 36.5 Å². The second-order valence-electron chi connectivity index (χ2n) is 4.72. The van der Waals surface area contributed by atoms with Gasteiger partial charge in [0.05, 0.1) is 6.67 Å². The van der Waals surface area contributed by atoms with E-state index in [0.29, 0.717) is 18.4 Å². The van der Waals surface area contributed by atoms with Crippen LogP contribution < -0.4 is 5.32 Å². The predicted octanol–water partition coefficient (Wildman–Crippen LogP) is 3.19. The summed E-state index contributed by atoms with van der Waals surface area (Å²) in [7, 11) is 0. The number of hydrogen-bond acceptors (Lipinski definition) is 1. The fourth-order valence-electron chi connectivity index (χ4n) is 2.46. The Bertz CT molecular complexity index is 331. The Morgan fingerprint density at radius 1 is 1.31 bits per heavy atom. The summed E-state index contributed by atoms with van der Waals surface area (Å²) < 4.78 is 11.9. The van der Waals surface area contributed by atoms with Gasteiger partial charge >= 0.3 is 0 Å². The minimum atomic E-state index is -0.207. The summed E-state index contributed by atoms with van der Waals surface area (Å²) >= 11 is 0. The molecule has 0 aromatic heterocycles. The van der Waals surface area contributed by atoms with Crippen LogP contribution in [0.15, 0.2) is 24.3 Å². The highest BCUT2D eigenvalue weighted by molar-refractivity contribution is 5.31. The van der Waals surface area contributed by atoms with E-state index >= 15 is 0 Å². The zero-order valence-electron chi connectivity index (χ0n) is 9.88. The second kappa shape index (κ2) is 5.44. The number of benzene rings is 1. The first-order chi connectivity index (χ1) is 7.81. The summed E-state index contributed by atoms with van der Waals surface area (Å²) in [5.74, 6) is 0.712. The lowest BCUT2D eigenvalue weighted by Gasteiger charge is -2.37. The van der Waals surface area contributed by atoms with Crippen molar-refractivity contribution in [3.63, 3.8) is 0 Å². The van der Waals surface area contributed by atoms with Crippen molar-refractivity contribution in [2.45, 2.75) is 38.1 Å². The first-order valence-corrected chi connectivity index (χ1v) is 6.16. The highest BCUT2D eigenvalue weighted by Crippen LogP contribution is 2.38. The second-order valence-corrected chi connectivity index (χ2v) is 4.72. The Kier molecular flexibility index (Phi) is 3.94. The minimum Gasteiger partial charge on any atom is -0.314 e. The molecule has 1 N–H and O–H groups in total. The predicted molar refractivity (Wildman–Crippen MR) is 65.5 cm³/mol. The van der Waals surface area contributed by atoms with Gasteiger partial charge in [-0.25, -0.2) is 0 Å². The highest BCUT2D eigenvalue weighted by Gasteiger charge is 2.30. The molecule has 0 heterocycles. The van der Waals surface area contributed by atoms with Crippen LogP contribution in [0.5, 0.6) is 0 Å². The molecule has 0 aliphatic heterocycles. The van der Waals surface area contributed by atoms with E-state index in [0.717, 1.165) is 6.54 Å². The number of aryl methyl sites for hydroxylation is 1. The van der Waals surface area contributed by atoms with Gasteiger partial charge in [0.25, 0.3) is 0 Å². The normalized spacial score (nSPS) is 24.1. The van der Waals surface area contributed by atoms with Crippen LogP contribution in [0, 0.1) is 6.92 Å². The van der Waals surface area contributed by atoms with Gasteiger partial charge in [0.15, 0.2) is 0 Å². The quantitative estimate of drug-likeness (QED) is 0.753. The van der Waals surface area contributed by atoms with Crippen molar-refractivity contribution in [3.05, 3.63) is 35.4 Å². The van der Waals surface area contributed by atoms with E-state index in [1.54, 1.807) is 0 Å². The van der Waals surface area contributed by atoms with Crippen LogP contribution in [0.2, 0.25) is 0 Å². The van der Waals surface area contributed by atoms with Gasteiger partial charge in [-0.2, -0.15) is 0 Å². The average molecular weight is 221 g/mol. The lowest BCUT2D eigenvalue weighted by Crippen LogP contribution is -2.40. The zero-order chi connectivity index (χ0) is 11.4. The molecule has 1 aliphatic rings. The SMILES string of the molecule is Cc1ccccc1C1CC(NCCCF)C1. The summed E-state index contributed by atoms with van der Waals surface area (Å²) in [5, 5.41) is 3.40. The maximum absolute atomic E-state index is 11.9. The standard InChI is InChI=1S/C14H20FN/c1-11-5-2-3-6-14(11)12-9-13(10-12)16-8-4-7-15/h2-3,5-6,12-13,16H,4,7-10H2,1H3. The van der Waals surface area contributed by atoms with Crippen molar-refractivity contribution < 1.29 is 4.39 Å². The molecule has 0 bridgehead atoms. The average Bonchev–Trinajstić information content (AvgIpc) is 2.23. The van der Waals surface area contributed by atoms with Crippen LogP contribution >= 0.6 is 0 Å². The number of hydrogen-bond donors (Lipinski definition) is 1. The largest absolute Gasteiger partial charge is 0.314 e. The Balaban J connectivity index is 1.78. The third kappa shape index (κ3) is 2.62. The Morgan fingerprint density at radius 3 is 2.75 bits per heavy atom. The smallest absolute Gasteiger partial charge is 0.0906 e. The van der Waals surface area contributed by atoms with Gasteiger partial charge in [0.1, 0.15) is 0 Å². The Labute approximate surface area is 97.1 Å².